The Hall–Kier alpha value is -0.750. The van der Waals surface area contributed by atoms with Crippen molar-refractivity contribution in [2.24, 2.45) is 0 Å². The average Bonchev–Trinajstić information content (AvgIpc) is 1.95. The number of carboxylic acid groups (broad SMARTS) is 2. The highest BCUT2D eigenvalue weighted by Crippen LogP contribution is 1.98. The lowest BCUT2D eigenvalue weighted by molar-refractivity contribution is -0.142. The SMILES string of the molecule is O=C(O)COCCSCC(=O)O. The van der Waals surface area contributed by atoms with Crippen LogP contribution in [0.25, 0.3) is 0 Å². The predicted molar refractivity (Wildman–Crippen MR) is 43.4 cm³/mol. The fourth-order valence-corrected chi connectivity index (χ4v) is 0.991. The van der Waals surface area contributed by atoms with Gasteiger partial charge in [0, 0.05) is 5.75 Å². The van der Waals surface area contributed by atoms with E-state index < -0.39 is 11.9 Å². The fraction of sp³-hybridized carbons (Fsp3) is 0.667. The van der Waals surface area contributed by atoms with E-state index in [0.717, 1.165) is 0 Å². The molecule has 0 spiro atoms. The van der Waals surface area contributed by atoms with E-state index in [0.29, 0.717) is 5.75 Å². The largest absolute Gasteiger partial charge is 0.481 e. The molecule has 0 rings (SSSR count). The van der Waals surface area contributed by atoms with Crippen molar-refractivity contribution >= 4 is 23.7 Å². The molecule has 0 unspecified atom stereocenters. The Kier molecular flexibility index (Phi) is 6.50. The zero-order valence-electron chi connectivity index (χ0n) is 6.36. The lowest BCUT2D eigenvalue weighted by Gasteiger charge is -1.98. The zero-order valence-corrected chi connectivity index (χ0v) is 7.17. The van der Waals surface area contributed by atoms with Gasteiger partial charge in [0.25, 0.3) is 0 Å². The van der Waals surface area contributed by atoms with Crippen molar-refractivity contribution < 1.29 is 24.5 Å². The van der Waals surface area contributed by atoms with Gasteiger partial charge in [0.2, 0.25) is 0 Å². The third-order valence-corrected chi connectivity index (χ3v) is 1.73. The number of carbonyl (C=O) groups is 2. The molecule has 0 aromatic carbocycles. The van der Waals surface area contributed by atoms with Crippen LogP contribution in [0.2, 0.25) is 0 Å². The first-order valence-corrected chi connectivity index (χ1v) is 4.37. The maximum absolute atomic E-state index is 9.98. The van der Waals surface area contributed by atoms with Crippen molar-refractivity contribution in [1.29, 1.82) is 0 Å². The average molecular weight is 194 g/mol. The smallest absolute Gasteiger partial charge is 0.329 e. The summed E-state index contributed by atoms with van der Waals surface area (Å²) in [6, 6.07) is 0. The molecule has 0 atom stereocenters. The number of hydrogen-bond donors (Lipinski definition) is 2. The van der Waals surface area contributed by atoms with E-state index in [1.165, 1.54) is 11.8 Å². The van der Waals surface area contributed by atoms with Crippen LogP contribution in [0, 0.1) is 0 Å². The number of carboxylic acids is 2. The first-order valence-electron chi connectivity index (χ1n) is 3.22. The molecule has 2 N–H and O–H groups in total. The minimum Gasteiger partial charge on any atom is -0.481 e. The highest BCUT2D eigenvalue weighted by Gasteiger charge is 1.98. The van der Waals surface area contributed by atoms with Gasteiger partial charge in [0.1, 0.15) is 6.61 Å². The van der Waals surface area contributed by atoms with Crippen molar-refractivity contribution in [3.63, 3.8) is 0 Å². The molecule has 0 aliphatic heterocycles. The summed E-state index contributed by atoms with van der Waals surface area (Å²) in [5, 5.41) is 16.3. The minimum absolute atomic E-state index is 0.0242. The Morgan fingerprint density at radius 2 is 1.92 bits per heavy atom. The molecule has 0 saturated carbocycles. The predicted octanol–water partition coefficient (Wildman–Crippen LogP) is -0.0946. The van der Waals surface area contributed by atoms with E-state index in [-0.39, 0.29) is 19.0 Å². The second kappa shape index (κ2) is 6.93. The first kappa shape index (κ1) is 11.2. The van der Waals surface area contributed by atoms with E-state index in [9.17, 15) is 9.59 Å². The van der Waals surface area contributed by atoms with Crippen LogP contribution in [0.15, 0.2) is 0 Å². The van der Waals surface area contributed by atoms with E-state index in [4.69, 9.17) is 10.2 Å². The van der Waals surface area contributed by atoms with Gasteiger partial charge < -0.3 is 14.9 Å². The highest BCUT2D eigenvalue weighted by molar-refractivity contribution is 7.99. The summed E-state index contributed by atoms with van der Waals surface area (Å²) in [6.45, 7) is -0.0577. The summed E-state index contributed by atoms with van der Waals surface area (Å²) in [5.74, 6) is -1.37. The summed E-state index contributed by atoms with van der Waals surface area (Å²) < 4.78 is 4.66. The monoisotopic (exact) mass is 194 g/mol. The molecule has 0 fully saturated rings. The second-order valence-electron chi connectivity index (χ2n) is 1.89. The number of aliphatic carboxylic acids is 2. The van der Waals surface area contributed by atoms with Gasteiger partial charge in [-0.05, 0) is 0 Å². The molecule has 0 aliphatic rings. The summed E-state index contributed by atoms with van der Waals surface area (Å²) in [4.78, 5) is 19.9. The van der Waals surface area contributed by atoms with Gasteiger partial charge >= 0.3 is 11.9 Å². The molecule has 0 heterocycles. The van der Waals surface area contributed by atoms with Crippen molar-refractivity contribution in [2.75, 3.05) is 24.7 Å². The van der Waals surface area contributed by atoms with Crippen LogP contribution in [0.3, 0.4) is 0 Å². The van der Waals surface area contributed by atoms with Crippen LogP contribution in [-0.4, -0.2) is 46.9 Å². The number of hydrogen-bond acceptors (Lipinski definition) is 4. The molecular weight excluding hydrogens is 184 g/mol. The van der Waals surface area contributed by atoms with Crippen LogP contribution < -0.4 is 0 Å². The molecule has 0 bridgehead atoms. The van der Waals surface area contributed by atoms with Crippen molar-refractivity contribution in [3.8, 4) is 0 Å². The summed E-state index contributed by atoms with van der Waals surface area (Å²) in [7, 11) is 0. The molecule has 0 aromatic rings. The second-order valence-corrected chi connectivity index (χ2v) is 3.00. The Labute approximate surface area is 73.7 Å². The number of ether oxygens (including phenoxy) is 1. The quantitative estimate of drug-likeness (QED) is 0.551. The van der Waals surface area contributed by atoms with Crippen LogP contribution >= 0.6 is 11.8 Å². The third-order valence-electron chi connectivity index (χ3n) is 0.823. The molecular formula is C6H10O5S. The standard InChI is InChI=1S/C6H10O5S/c7-5(8)3-11-1-2-12-4-6(9)10/h1-4H2,(H,7,8)(H,9,10). The van der Waals surface area contributed by atoms with Crippen LogP contribution in [0.5, 0.6) is 0 Å². The molecule has 0 aromatic heterocycles. The van der Waals surface area contributed by atoms with Gasteiger partial charge in [-0.2, -0.15) is 0 Å². The minimum atomic E-state index is -1.02. The van der Waals surface area contributed by atoms with Gasteiger partial charge in [0.05, 0.1) is 12.4 Å². The number of rotatable bonds is 7. The topological polar surface area (TPSA) is 83.8 Å². The Morgan fingerprint density at radius 1 is 1.25 bits per heavy atom. The summed E-state index contributed by atoms with van der Waals surface area (Å²) >= 11 is 1.20. The van der Waals surface area contributed by atoms with E-state index in [1.54, 1.807) is 0 Å². The third kappa shape index (κ3) is 9.25. The maximum Gasteiger partial charge on any atom is 0.329 e. The van der Waals surface area contributed by atoms with E-state index >= 15 is 0 Å². The van der Waals surface area contributed by atoms with E-state index in [2.05, 4.69) is 4.74 Å². The molecule has 0 saturated heterocycles. The highest BCUT2D eigenvalue weighted by atomic mass is 32.2. The Balaban J connectivity index is 3.01. The van der Waals surface area contributed by atoms with Crippen LogP contribution in [0.4, 0.5) is 0 Å². The Morgan fingerprint density at radius 3 is 2.42 bits per heavy atom. The van der Waals surface area contributed by atoms with Crippen molar-refractivity contribution in [2.45, 2.75) is 0 Å². The van der Waals surface area contributed by atoms with Crippen LogP contribution in [0.1, 0.15) is 0 Å². The Bertz CT molecular complexity index is 140. The lowest BCUT2D eigenvalue weighted by Crippen LogP contribution is -2.09. The van der Waals surface area contributed by atoms with Crippen molar-refractivity contribution in [3.05, 3.63) is 0 Å². The number of thioether (sulfide) groups is 1. The fourth-order valence-electron chi connectivity index (χ4n) is 0.437. The van der Waals surface area contributed by atoms with Gasteiger partial charge in [-0.25, -0.2) is 4.79 Å². The molecule has 6 heteroatoms. The molecule has 0 aliphatic carbocycles. The normalized spacial score (nSPS) is 9.67. The molecule has 5 nitrogen and oxygen atoms in total. The summed E-state index contributed by atoms with van der Waals surface area (Å²) in [6.07, 6.45) is 0. The van der Waals surface area contributed by atoms with Gasteiger partial charge in [-0.15, -0.1) is 11.8 Å². The molecule has 12 heavy (non-hydrogen) atoms. The van der Waals surface area contributed by atoms with Crippen molar-refractivity contribution in [1.82, 2.24) is 0 Å². The zero-order chi connectivity index (χ0) is 9.40. The van der Waals surface area contributed by atoms with Gasteiger partial charge in [-0.3, -0.25) is 4.79 Å². The molecule has 0 radical (unpaired) electrons. The lowest BCUT2D eigenvalue weighted by atomic mass is 10.7. The van der Waals surface area contributed by atoms with Gasteiger partial charge in [0.15, 0.2) is 0 Å². The summed E-state index contributed by atoms with van der Waals surface area (Å²) in [5.41, 5.74) is 0. The molecule has 70 valence electrons. The molecule has 0 amide bonds. The maximum atomic E-state index is 9.98. The van der Waals surface area contributed by atoms with Gasteiger partial charge in [-0.1, -0.05) is 0 Å². The van der Waals surface area contributed by atoms with E-state index in [1.807, 2.05) is 0 Å². The first-order chi connectivity index (χ1) is 5.63. The van der Waals surface area contributed by atoms with Crippen LogP contribution in [-0.2, 0) is 14.3 Å².